The summed E-state index contributed by atoms with van der Waals surface area (Å²) in [5.41, 5.74) is -1.78. The monoisotopic (exact) mass is 319 g/mol. The van der Waals surface area contributed by atoms with Gasteiger partial charge in [-0.15, -0.1) is 0 Å². The number of hydrogen-bond acceptors (Lipinski definition) is 5. The molecular formula is C15H18FN5O2. The molecule has 2 fully saturated rings. The molecule has 1 aliphatic carbocycles. The van der Waals surface area contributed by atoms with E-state index in [9.17, 15) is 4.79 Å². The molecule has 1 saturated carbocycles. The summed E-state index contributed by atoms with van der Waals surface area (Å²) in [6.07, 6.45) is 6.14. The van der Waals surface area contributed by atoms with Crippen molar-refractivity contribution in [3.05, 3.63) is 29.9 Å². The fourth-order valence-corrected chi connectivity index (χ4v) is 3.00. The van der Waals surface area contributed by atoms with Crippen molar-refractivity contribution in [2.45, 2.75) is 37.3 Å². The second-order valence-electron chi connectivity index (χ2n) is 6.39. The third kappa shape index (κ3) is 2.51. The quantitative estimate of drug-likeness (QED) is 0.862. The number of nitrogens with zero attached hydrogens (tertiary/aromatic N) is 5. The summed E-state index contributed by atoms with van der Waals surface area (Å²) >= 11 is 0. The maximum Gasteiger partial charge on any atom is 0.289 e. The van der Waals surface area contributed by atoms with Gasteiger partial charge in [-0.25, -0.2) is 9.37 Å². The van der Waals surface area contributed by atoms with Crippen LogP contribution in [0.15, 0.2) is 16.9 Å². The molecule has 0 radical (unpaired) electrons. The molecule has 1 atom stereocenters. The van der Waals surface area contributed by atoms with Crippen LogP contribution in [0, 0.1) is 0 Å². The van der Waals surface area contributed by atoms with Crippen molar-refractivity contribution >= 4 is 5.91 Å². The van der Waals surface area contributed by atoms with E-state index in [-0.39, 0.29) is 24.8 Å². The first-order valence-corrected chi connectivity index (χ1v) is 7.86. The fraction of sp³-hybridized carbons (Fsp3) is 0.600. The minimum absolute atomic E-state index is 0.00302. The predicted molar refractivity (Wildman–Crippen MR) is 77.4 cm³/mol. The lowest BCUT2D eigenvalue weighted by Gasteiger charge is -2.34. The Hall–Kier alpha value is -2.25. The van der Waals surface area contributed by atoms with E-state index < -0.39 is 5.67 Å². The molecule has 0 spiro atoms. The number of aryl methyl sites for hydroxylation is 1. The van der Waals surface area contributed by atoms with E-state index in [1.165, 1.54) is 4.90 Å². The molecule has 2 aliphatic rings. The van der Waals surface area contributed by atoms with Crippen LogP contribution in [0.2, 0.25) is 0 Å². The molecule has 122 valence electrons. The largest absolute Gasteiger partial charge is 0.336 e. The number of imidazole rings is 1. The molecule has 8 heteroatoms. The minimum Gasteiger partial charge on any atom is -0.336 e. The van der Waals surface area contributed by atoms with Gasteiger partial charge in [0.25, 0.3) is 11.8 Å². The number of alkyl halides is 1. The van der Waals surface area contributed by atoms with Crippen LogP contribution in [-0.2, 0) is 12.7 Å². The molecule has 2 aromatic rings. The number of likely N-dealkylation sites (tertiary alicyclic amines) is 1. The highest BCUT2D eigenvalue weighted by Gasteiger charge is 2.45. The SMILES string of the molecule is Cn1ccnc1C(=O)N1CCCC(F)(c2nc(C3CC3)no2)C1. The van der Waals surface area contributed by atoms with Crippen LogP contribution in [0.3, 0.4) is 0 Å². The van der Waals surface area contributed by atoms with Gasteiger partial charge >= 0.3 is 0 Å². The Morgan fingerprint density at radius 3 is 3.00 bits per heavy atom. The summed E-state index contributed by atoms with van der Waals surface area (Å²) in [4.78, 5) is 22.3. The van der Waals surface area contributed by atoms with E-state index in [1.54, 1.807) is 24.0 Å². The third-order valence-electron chi connectivity index (χ3n) is 4.51. The summed E-state index contributed by atoms with van der Waals surface area (Å²) in [6, 6.07) is 0. The highest BCUT2D eigenvalue weighted by Crippen LogP contribution is 2.41. The lowest BCUT2D eigenvalue weighted by Crippen LogP contribution is -2.47. The van der Waals surface area contributed by atoms with Crippen molar-refractivity contribution in [1.29, 1.82) is 0 Å². The highest BCUT2D eigenvalue weighted by molar-refractivity contribution is 5.91. The molecule has 3 heterocycles. The molecule has 7 nitrogen and oxygen atoms in total. The van der Waals surface area contributed by atoms with E-state index in [2.05, 4.69) is 15.1 Å². The van der Waals surface area contributed by atoms with Gasteiger partial charge in [-0.2, -0.15) is 4.98 Å². The number of hydrogen-bond donors (Lipinski definition) is 0. The maximum atomic E-state index is 15.3. The van der Waals surface area contributed by atoms with Crippen LogP contribution in [0.4, 0.5) is 4.39 Å². The summed E-state index contributed by atoms with van der Waals surface area (Å²) in [6.45, 7) is 0.423. The average Bonchev–Trinajstić information content (AvgIpc) is 3.10. The van der Waals surface area contributed by atoms with E-state index in [4.69, 9.17) is 4.52 Å². The number of carbonyl (C=O) groups is 1. The normalized spacial score (nSPS) is 24.9. The van der Waals surface area contributed by atoms with Gasteiger partial charge in [-0.05, 0) is 25.7 Å². The summed E-state index contributed by atoms with van der Waals surface area (Å²) in [5, 5.41) is 3.89. The molecular weight excluding hydrogens is 301 g/mol. The smallest absolute Gasteiger partial charge is 0.289 e. The second kappa shape index (κ2) is 5.14. The van der Waals surface area contributed by atoms with Gasteiger partial charge in [0.1, 0.15) is 0 Å². The van der Waals surface area contributed by atoms with Crippen LogP contribution in [0.1, 0.15) is 53.9 Å². The first-order valence-electron chi connectivity index (χ1n) is 7.86. The van der Waals surface area contributed by atoms with E-state index in [0.29, 0.717) is 30.5 Å². The summed E-state index contributed by atoms with van der Waals surface area (Å²) in [5.74, 6) is 0.922. The van der Waals surface area contributed by atoms with Gasteiger partial charge in [0.05, 0.1) is 6.54 Å². The Morgan fingerprint density at radius 2 is 2.30 bits per heavy atom. The average molecular weight is 319 g/mol. The van der Waals surface area contributed by atoms with Crippen LogP contribution < -0.4 is 0 Å². The van der Waals surface area contributed by atoms with Crippen molar-refractivity contribution < 1.29 is 13.7 Å². The number of amides is 1. The topological polar surface area (TPSA) is 77.1 Å². The lowest BCUT2D eigenvalue weighted by molar-refractivity contribution is 0.0144. The minimum atomic E-state index is -1.78. The van der Waals surface area contributed by atoms with E-state index in [1.807, 2.05) is 0 Å². The Labute approximate surface area is 132 Å². The molecule has 23 heavy (non-hydrogen) atoms. The maximum absolute atomic E-state index is 15.3. The number of halogens is 1. The second-order valence-corrected chi connectivity index (χ2v) is 6.39. The summed E-state index contributed by atoms with van der Waals surface area (Å²) in [7, 11) is 1.74. The van der Waals surface area contributed by atoms with E-state index in [0.717, 1.165) is 12.8 Å². The molecule has 2 aromatic heterocycles. The molecule has 1 amide bonds. The standard InChI is InChI=1S/C15H18FN5O2/c1-20-8-6-17-12(20)13(22)21-7-2-5-15(16,9-21)14-18-11(19-23-14)10-3-4-10/h6,8,10H,2-5,7,9H2,1H3. The van der Waals surface area contributed by atoms with Crippen molar-refractivity contribution in [3.8, 4) is 0 Å². The van der Waals surface area contributed by atoms with Crippen LogP contribution in [0.5, 0.6) is 0 Å². The van der Waals surface area contributed by atoms with E-state index >= 15 is 4.39 Å². The Kier molecular flexibility index (Phi) is 3.21. The van der Waals surface area contributed by atoms with Crippen LogP contribution in [0.25, 0.3) is 0 Å². The van der Waals surface area contributed by atoms with Gasteiger partial charge in [-0.1, -0.05) is 5.16 Å². The molecule has 4 rings (SSSR count). The number of rotatable bonds is 3. The number of aromatic nitrogens is 4. The molecule has 0 bridgehead atoms. The van der Waals surface area contributed by atoms with Gasteiger partial charge < -0.3 is 14.0 Å². The van der Waals surface area contributed by atoms with Crippen LogP contribution >= 0.6 is 0 Å². The predicted octanol–water partition coefficient (Wildman–Crippen LogP) is 1.78. The molecule has 1 aliphatic heterocycles. The van der Waals surface area contributed by atoms with Crippen molar-refractivity contribution in [3.63, 3.8) is 0 Å². The van der Waals surface area contributed by atoms with Gasteiger partial charge in [0.2, 0.25) is 5.67 Å². The Morgan fingerprint density at radius 1 is 1.48 bits per heavy atom. The number of carbonyl (C=O) groups excluding carboxylic acids is 1. The Balaban J connectivity index is 1.55. The van der Waals surface area contributed by atoms with Gasteiger partial charge in [0.15, 0.2) is 11.6 Å². The lowest BCUT2D eigenvalue weighted by atomic mass is 9.94. The highest BCUT2D eigenvalue weighted by atomic mass is 19.1. The van der Waals surface area contributed by atoms with Crippen LogP contribution in [-0.4, -0.2) is 43.6 Å². The van der Waals surface area contributed by atoms with Crippen molar-refractivity contribution in [2.75, 3.05) is 13.1 Å². The summed E-state index contributed by atoms with van der Waals surface area (Å²) < 4.78 is 22.1. The molecule has 1 unspecified atom stereocenters. The molecule has 1 saturated heterocycles. The van der Waals surface area contributed by atoms with Crippen molar-refractivity contribution in [1.82, 2.24) is 24.6 Å². The zero-order valence-corrected chi connectivity index (χ0v) is 12.9. The fourth-order valence-electron chi connectivity index (χ4n) is 3.00. The number of piperidine rings is 1. The first kappa shape index (κ1) is 14.3. The van der Waals surface area contributed by atoms with Gasteiger partial charge in [0, 0.05) is 31.9 Å². The molecule has 0 N–H and O–H groups in total. The Bertz CT molecular complexity index is 738. The molecule has 0 aromatic carbocycles. The third-order valence-corrected chi connectivity index (χ3v) is 4.51. The van der Waals surface area contributed by atoms with Crippen molar-refractivity contribution in [2.24, 2.45) is 7.05 Å². The zero-order chi connectivity index (χ0) is 16.0. The van der Waals surface area contributed by atoms with Gasteiger partial charge in [-0.3, -0.25) is 4.79 Å². The first-order chi connectivity index (χ1) is 11.1. The zero-order valence-electron chi connectivity index (χ0n) is 12.9.